The molecule has 1 saturated heterocycles. The second kappa shape index (κ2) is 11.6. The van der Waals surface area contributed by atoms with Gasteiger partial charge in [-0.3, -0.25) is 4.79 Å². The monoisotopic (exact) mass is 461 g/mol. The van der Waals surface area contributed by atoms with Crippen molar-refractivity contribution in [3.63, 3.8) is 0 Å². The number of anilines is 1. The molecule has 7 heteroatoms. The first-order valence-electron chi connectivity index (χ1n) is 11.7. The van der Waals surface area contributed by atoms with Gasteiger partial charge in [-0.1, -0.05) is 30.3 Å². The topological polar surface area (TPSA) is 94.9 Å². The summed E-state index contributed by atoms with van der Waals surface area (Å²) in [7, 11) is 0. The largest absolute Gasteiger partial charge is 0.481 e. The van der Waals surface area contributed by atoms with Gasteiger partial charge in [0.25, 0.3) is 0 Å². The minimum atomic E-state index is -0.724. The molecule has 1 aliphatic heterocycles. The Labute approximate surface area is 200 Å². The number of aliphatic hydroxyl groups excluding tert-OH is 1. The van der Waals surface area contributed by atoms with E-state index in [4.69, 9.17) is 9.84 Å². The van der Waals surface area contributed by atoms with Crippen molar-refractivity contribution in [1.82, 2.24) is 10.3 Å². The van der Waals surface area contributed by atoms with Gasteiger partial charge in [0.1, 0.15) is 17.3 Å². The zero-order valence-electron chi connectivity index (χ0n) is 19.2. The maximum atomic E-state index is 11.3. The molecular weight excluding hydrogens is 430 g/mol. The summed E-state index contributed by atoms with van der Waals surface area (Å²) in [6.45, 7) is 2.94. The summed E-state index contributed by atoms with van der Waals surface area (Å²) in [5.41, 5.74) is 3.32. The lowest BCUT2D eigenvalue weighted by atomic mass is 9.98. The number of hydrogen-bond donors (Lipinski definition) is 3. The van der Waals surface area contributed by atoms with Crippen molar-refractivity contribution in [3.05, 3.63) is 83.6 Å². The number of ether oxygens (including phenoxy) is 1. The van der Waals surface area contributed by atoms with Gasteiger partial charge < -0.3 is 25.2 Å². The molecular formula is C27H31N3O4. The van der Waals surface area contributed by atoms with Crippen LogP contribution in [0.5, 0.6) is 11.5 Å². The number of benzene rings is 2. The van der Waals surface area contributed by atoms with Gasteiger partial charge in [0.05, 0.1) is 5.92 Å². The Morgan fingerprint density at radius 1 is 0.971 bits per heavy atom. The average molecular weight is 462 g/mol. The summed E-state index contributed by atoms with van der Waals surface area (Å²) in [5, 5.41) is 21.7. The Balaban J connectivity index is 1.23. The third-order valence-electron chi connectivity index (χ3n) is 6.04. The number of rotatable bonds is 10. The Morgan fingerprint density at radius 3 is 2.24 bits per heavy atom. The van der Waals surface area contributed by atoms with Crippen LogP contribution in [0.2, 0.25) is 0 Å². The zero-order valence-corrected chi connectivity index (χ0v) is 19.2. The summed E-state index contributed by atoms with van der Waals surface area (Å²) in [6.07, 6.45) is 4.12. The second-order valence-corrected chi connectivity index (χ2v) is 8.62. The Morgan fingerprint density at radius 2 is 1.62 bits per heavy atom. The number of piperidine rings is 1. The molecule has 2 aromatic carbocycles. The van der Waals surface area contributed by atoms with Crippen LogP contribution in [0.15, 0.2) is 66.9 Å². The number of aliphatic carboxylic acids is 1. The minimum absolute atomic E-state index is 0.144. The molecule has 1 aliphatic rings. The van der Waals surface area contributed by atoms with Gasteiger partial charge in [0.2, 0.25) is 0 Å². The molecule has 1 unspecified atom stereocenters. The number of nitrogens with one attached hydrogen (secondary N) is 1. The lowest BCUT2D eigenvalue weighted by molar-refractivity contribution is -0.141. The molecule has 0 amide bonds. The fourth-order valence-electron chi connectivity index (χ4n) is 4.11. The fraction of sp³-hybridized carbons (Fsp3) is 0.333. The SMILES string of the molecule is O=C(O)C1CCCN(c2ccc(CNCc3ccc(Oc4ccc(CCO)cc4)cc3)cn2)C1. The first-order valence-corrected chi connectivity index (χ1v) is 11.7. The summed E-state index contributed by atoms with van der Waals surface area (Å²) in [5.74, 6) is 1.35. The molecule has 0 bridgehead atoms. The predicted octanol–water partition coefficient (Wildman–Crippen LogP) is 4.00. The lowest BCUT2D eigenvalue weighted by Crippen LogP contribution is -2.39. The van der Waals surface area contributed by atoms with E-state index < -0.39 is 5.97 Å². The van der Waals surface area contributed by atoms with Gasteiger partial charge in [-0.25, -0.2) is 4.98 Å². The van der Waals surface area contributed by atoms with Crippen LogP contribution < -0.4 is 15.0 Å². The van der Waals surface area contributed by atoms with Gasteiger partial charge in [0.15, 0.2) is 0 Å². The summed E-state index contributed by atoms with van der Waals surface area (Å²) >= 11 is 0. The van der Waals surface area contributed by atoms with Gasteiger partial charge in [-0.05, 0) is 66.3 Å². The maximum absolute atomic E-state index is 11.3. The van der Waals surface area contributed by atoms with Gasteiger partial charge in [0, 0.05) is 39.0 Å². The molecule has 1 aromatic heterocycles. The molecule has 0 spiro atoms. The van der Waals surface area contributed by atoms with Crippen LogP contribution in [0, 0.1) is 5.92 Å². The maximum Gasteiger partial charge on any atom is 0.308 e. The van der Waals surface area contributed by atoms with E-state index >= 15 is 0 Å². The van der Waals surface area contributed by atoms with Gasteiger partial charge in [-0.2, -0.15) is 0 Å². The molecule has 0 radical (unpaired) electrons. The Kier molecular flexibility index (Phi) is 8.12. The Hall–Kier alpha value is -3.42. The molecule has 4 rings (SSSR count). The van der Waals surface area contributed by atoms with Crippen LogP contribution in [0.25, 0.3) is 0 Å². The van der Waals surface area contributed by atoms with E-state index in [0.717, 1.165) is 59.9 Å². The van der Waals surface area contributed by atoms with Crippen LogP contribution in [-0.4, -0.2) is 40.9 Å². The number of nitrogens with zero attached hydrogens (tertiary/aromatic N) is 2. The number of aromatic nitrogens is 1. The van der Waals surface area contributed by atoms with E-state index in [0.29, 0.717) is 19.5 Å². The van der Waals surface area contributed by atoms with Crippen molar-refractivity contribution in [2.75, 3.05) is 24.6 Å². The van der Waals surface area contributed by atoms with Crippen molar-refractivity contribution in [1.29, 1.82) is 0 Å². The van der Waals surface area contributed by atoms with Crippen LogP contribution >= 0.6 is 0 Å². The third-order valence-corrected chi connectivity index (χ3v) is 6.04. The third kappa shape index (κ3) is 6.56. The highest BCUT2D eigenvalue weighted by Gasteiger charge is 2.25. The predicted molar refractivity (Wildman–Crippen MR) is 131 cm³/mol. The summed E-state index contributed by atoms with van der Waals surface area (Å²) in [6, 6.07) is 19.8. The molecule has 0 aliphatic carbocycles. The smallest absolute Gasteiger partial charge is 0.308 e. The Bertz CT molecular complexity index is 1050. The average Bonchev–Trinajstić information content (AvgIpc) is 2.87. The van der Waals surface area contributed by atoms with E-state index in [-0.39, 0.29) is 12.5 Å². The van der Waals surface area contributed by atoms with E-state index in [1.165, 1.54) is 0 Å². The minimum Gasteiger partial charge on any atom is -0.481 e. The molecule has 1 fully saturated rings. The van der Waals surface area contributed by atoms with Crippen molar-refractivity contribution in [2.45, 2.75) is 32.4 Å². The molecule has 0 saturated carbocycles. The number of carboxylic acid groups (broad SMARTS) is 1. The quantitative estimate of drug-likeness (QED) is 0.420. The first kappa shape index (κ1) is 23.7. The van der Waals surface area contributed by atoms with E-state index in [2.05, 4.69) is 15.2 Å². The molecule has 7 nitrogen and oxygen atoms in total. The second-order valence-electron chi connectivity index (χ2n) is 8.62. The van der Waals surface area contributed by atoms with Crippen molar-refractivity contribution < 1.29 is 19.7 Å². The van der Waals surface area contributed by atoms with Crippen LogP contribution in [0.4, 0.5) is 5.82 Å². The summed E-state index contributed by atoms with van der Waals surface area (Å²) < 4.78 is 5.89. The van der Waals surface area contributed by atoms with Crippen LogP contribution in [0.1, 0.15) is 29.5 Å². The van der Waals surface area contributed by atoms with Crippen molar-refractivity contribution in [2.24, 2.45) is 5.92 Å². The van der Waals surface area contributed by atoms with Crippen molar-refractivity contribution >= 4 is 11.8 Å². The number of carboxylic acids is 1. The number of pyridine rings is 1. The normalized spacial score (nSPS) is 15.8. The van der Waals surface area contributed by atoms with Crippen LogP contribution in [-0.2, 0) is 24.3 Å². The fourth-order valence-corrected chi connectivity index (χ4v) is 4.11. The van der Waals surface area contributed by atoms with Gasteiger partial charge >= 0.3 is 5.97 Å². The summed E-state index contributed by atoms with van der Waals surface area (Å²) in [4.78, 5) is 17.9. The van der Waals surface area contributed by atoms with Gasteiger partial charge in [-0.15, -0.1) is 0 Å². The number of aliphatic hydroxyl groups is 1. The number of carbonyl (C=O) groups is 1. The lowest BCUT2D eigenvalue weighted by Gasteiger charge is -2.31. The molecule has 178 valence electrons. The van der Waals surface area contributed by atoms with E-state index in [1.807, 2.05) is 66.9 Å². The highest BCUT2D eigenvalue weighted by atomic mass is 16.5. The number of hydrogen-bond acceptors (Lipinski definition) is 6. The molecule has 34 heavy (non-hydrogen) atoms. The van der Waals surface area contributed by atoms with Crippen molar-refractivity contribution in [3.8, 4) is 11.5 Å². The van der Waals surface area contributed by atoms with Crippen LogP contribution in [0.3, 0.4) is 0 Å². The zero-order chi connectivity index (χ0) is 23.8. The highest BCUT2D eigenvalue weighted by Crippen LogP contribution is 2.23. The molecule has 3 aromatic rings. The van der Waals surface area contributed by atoms with E-state index in [9.17, 15) is 9.90 Å². The first-order chi connectivity index (χ1) is 16.6. The molecule has 2 heterocycles. The van der Waals surface area contributed by atoms with E-state index in [1.54, 1.807) is 0 Å². The highest BCUT2D eigenvalue weighted by molar-refractivity contribution is 5.71. The standard InChI is InChI=1S/C27H31N3O4/c31-15-13-20-3-8-24(9-4-20)34-25-10-5-21(6-11-25)16-28-17-22-7-12-26(29-18-22)30-14-1-2-23(19-30)27(32)33/h3-12,18,23,28,31H,1-2,13-17,19H2,(H,32,33). The molecule has 1 atom stereocenters. The molecule has 3 N–H and O–H groups in total.